The second-order valence-electron chi connectivity index (χ2n) is 7.81. The predicted molar refractivity (Wildman–Crippen MR) is 106 cm³/mol. The number of fused-ring (bicyclic) bond motifs is 2. The second-order valence-corrected chi connectivity index (χ2v) is 7.81. The fourth-order valence-corrected chi connectivity index (χ4v) is 4.71. The van der Waals surface area contributed by atoms with Gasteiger partial charge in [-0.05, 0) is 30.7 Å². The van der Waals surface area contributed by atoms with Crippen molar-refractivity contribution in [2.45, 2.75) is 18.1 Å². The van der Waals surface area contributed by atoms with Gasteiger partial charge in [0.1, 0.15) is 5.82 Å². The molecule has 9 heteroatoms. The zero-order chi connectivity index (χ0) is 21.1. The lowest BCUT2D eigenvalue weighted by atomic mass is 10.1. The first-order valence-electron chi connectivity index (χ1n) is 9.51. The van der Waals surface area contributed by atoms with E-state index in [0.717, 1.165) is 16.8 Å². The third-order valence-corrected chi connectivity index (χ3v) is 6.06. The Kier molecular flexibility index (Phi) is 3.93. The molecule has 2 N–H and O–H groups in total. The molecule has 1 saturated carbocycles. The fraction of sp³-hybridized carbons (Fsp3) is 0.286. The number of amides is 2. The van der Waals surface area contributed by atoms with Crippen molar-refractivity contribution in [2.24, 2.45) is 11.7 Å². The number of alkyl halides is 3. The number of piperidine rings is 1. The van der Waals surface area contributed by atoms with Gasteiger partial charge in [0.05, 0.1) is 16.8 Å². The number of halogens is 3. The molecule has 2 aliphatic rings. The first kappa shape index (κ1) is 18.7. The molecule has 3 heterocycles. The smallest absolute Gasteiger partial charge is 0.353 e. The fourth-order valence-electron chi connectivity index (χ4n) is 4.71. The molecule has 30 heavy (non-hydrogen) atoms. The molecule has 5 rings (SSSR count). The van der Waals surface area contributed by atoms with E-state index in [1.807, 2.05) is 24.3 Å². The zero-order valence-corrected chi connectivity index (χ0v) is 15.8. The summed E-state index contributed by atoms with van der Waals surface area (Å²) in [5.74, 6) is -0.0895. The van der Waals surface area contributed by atoms with E-state index in [-0.39, 0.29) is 18.3 Å². The molecule has 1 aromatic carbocycles. The number of benzene rings is 1. The molecule has 3 aromatic rings. The summed E-state index contributed by atoms with van der Waals surface area (Å²) in [6.45, 7) is 0.623. The lowest BCUT2D eigenvalue weighted by molar-refractivity contribution is -0.137. The monoisotopic (exact) mass is 413 g/mol. The number of nitrogens with zero attached hydrogens (tertiary/aromatic N) is 4. The Morgan fingerprint density at radius 1 is 1.20 bits per heavy atom. The van der Waals surface area contributed by atoms with Crippen molar-refractivity contribution in [3.05, 3.63) is 60.6 Å². The van der Waals surface area contributed by atoms with Crippen molar-refractivity contribution in [2.75, 3.05) is 22.9 Å². The van der Waals surface area contributed by atoms with Gasteiger partial charge in [-0.3, -0.25) is 9.88 Å². The van der Waals surface area contributed by atoms with Crippen LogP contribution < -0.4 is 15.5 Å². The Morgan fingerprint density at radius 3 is 2.80 bits per heavy atom. The number of urea groups is 1. The molecule has 2 aromatic heterocycles. The number of hydrogen-bond acceptors (Lipinski definition) is 4. The van der Waals surface area contributed by atoms with Gasteiger partial charge in [0, 0.05) is 48.4 Å². The topological polar surface area (TPSA) is 75.4 Å². The van der Waals surface area contributed by atoms with Crippen LogP contribution in [0.25, 0.3) is 10.8 Å². The summed E-state index contributed by atoms with van der Waals surface area (Å²) in [6.07, 6.45) is 0.865. The Morgan fingerprint density at radius 2 is 2.03 bits per heavy atom. The first-order valence-corrected chi connectivity index (χ1v) is 9.51. The second kappa shape index (κ2) is 6.32. The molecule has 2 atom stereocenters. The minimum Gasteiger partial charge on any atom is -0.353 e. The highest BCUT2D eigenvalue weighted by Crippen LogP contribution is 2.56. The van der Waals surface area contributed by atoms with Crippen molar-refractivity contribution < 1.29 is 18.0 Å². The van der Waals surface area contributed by atoms with Gasteiger partial charge < -0.3 is 10.6 Å². The SMILES string of the molecule is NC(=O)N(c1cccc2cnccc12)C12CC1CN(c1ncccc1C(F)(F)F)C2. The van der Waals surface area contributed by atoms with E-state index < -0.39 is 23.3 Å². The van der Waals surface area contributed by atoms with Crippen molar-refractivity contribution in [3.63, 3.8) is 0 Å². The van der Waals surface area contributed by atoms with Crippen LogP contribution >= 0.6 is 0 Å². The van der Waals surface area contributed by atoms with Crippen molar-refractivity contribution in [3.8, 4) is 0 Å². The van der Waals surface area contributed by atoms with Crippen LogP contribution in [-0.4, -0.2) is 34.6 Å². The Balaban J connectivity index is 1.54. The molecule has 1 saturated heterocycles. The third kappa shape index (κ3) is 2.76. The van der Waals surface area contributed by atoms with Crippen molar-refractivity contribution in [1.82, 2.24) is 9.97 Å². The Hall–Kier alpha value is -3.36. The van der Waals surface area contributed by atoms with Gasteiger partial charge in [-0.2, -0.15) is 13.2 Å². The largest absolute Gasteiger partial charge is 0.419 e. The van der Waals surface area contributed by atoms with E-state index in [2.05, 4.69) is 9.97 Å². The molecular formula is C21H18F3N5O. The predicted octanol–water partition coefficient (Wildman–Crippen LogP) is 3.81. The molecular weight excluding hydrogens is 395 g/mol. The summed E-state index contributed by atoms with van der Waals surface area (Å²) in [4.78, 5) is 23.8. The number of hydrogen-bond donors (Lipinski definition) is 1. The van der Waals surface area contributed by atoms with E-state index in [1.54, 1.807) is 22.2 Å². The Bertz CT molecular complexity index is 1150. The molecule has 0 bridgehead atoms. The lowest BCUT2D eigenvalue weighted by Crippen LogP contribution is -2.49. The summed E-state index contributed by atoms with van der Waals surface area (Å²) >= 11 is 0. The molecule has 0 spiro atoms. The maximum atomic E-state index is 13.5. The van der Waals surface area contributed by atoms with Crippen LogP contribution in [-0.2, 0) is 6.18 Å². The van der Waals surface area contributed by atoms with Crippen LogP contribution in [0.1, 0.15) is 12.0 Å². The van der Waals surface area contributed by atoms with E-state index in [4.69, 9.17) is 5.73 Å². The lowest BCUT2D eigenvalue weighted by Gasteiger charge is -2.32. The highest BCUT2D eigenvalue weighted by atomic mass is 19.4. The number of carbonyl (C=O) groups excluding carboxylic acids is 1. The van der Waals surface area contributed by atoms with Gasteiger partial charge in [0.2, 0.25) is 0 Å². The van der Waals surface area contributed by atoms with E-state index in [0.29, 0.717) is 18.7 Å². The van der Waals surface area contributed by atoms with Crippen molar-refractivity contribution in [1.29, 1.82) is 0 Å². The molecule has 0 radical (unpaired) electrons. The van der Waals surface area contributed by atoms with Gasteiger partial charge >= 0.3 is 12.2 Å². The van der Waals surface area contributed by atoms with Crippen LogP contribution in [0, 0.1) is 5.92 Å². The van der Waals surface area contributed by atoms with Crippen LogP contribution in [0.4, 0.5) is 29.5 Å². The average Bonchev–Trinajstić information content (AvgIpc) is 3.27. The molecule has 154 valence electrons. The molecule has 1 aliphatic heterocycles. The van der Waals surface area contributed by atoms with Crippen LogP contribution in [0.5, 0.6) is 0 Å². The number of aromatic nitrogens is 2. The van der Waals surface area contributed by atoms with Gasteiger partial charge in [0.15, 0.2) is 0 Å². The van der Waals surface area contributed by atoms with E-state index in [1.165, 1.54) is 12.3 Å². The summed E-state index contributed by atoms with van der Waals surface area (Å²) in [5, 5.41) is 1.67. The quantitative estimate of drug-likeness (QED) is 0.709. The number of nitrogens with two attached hydrogens (primary N) is 1. The van der Waals surface area contributed by atoms with Gasteiger partial charge in [-0.15, -0.1) is 0 Å². The van der Waals surface area contributed by atoms with Gasteiger partial charge in [-0.1, -0.05) is 12.1 Å². The highest BCUT2D eigenvalue weighted by Gasteiger charge is 2.65. The number of carbonyl (C=O) groups is 1. The third-order valence-electron chi connectivity index (χ3n) is 6.06. The minimum absolute atomic E-state index is 0.0187. The number of primary amides is 1. The van der Waals surface area contributed by atoms with Crippen LogP contribution in [0.3, 0.4) is 0 Å². The Labute approximate surface area is 170 Å². The summed E-state index contributed by atoms with van der Waals surface area (Å²) < 4.78 is 40.4. The minimum atomic E-state index is -4.50. The molecule has 6 nitrogen and oxygen atoms in total. The molecule has 2 unspecified atom stereocenters. The zero-order valence-electron chi connectivity index (χ0n) is 15.8. The summed E-state index contributed by atoms with van der Waals surface area (Å²) in [5.41, 5.74) is 5.01. The standard InChI is InChI=1S/C21H18F3N5O/c22-21(23,24)16-4-2-7-27-18(16)28-11-14-9-20(14,12-28)29(19(25)30)17-5-1-3-13-10-26-8-6-15(13)17/h1-8,10,14H,9,11-12H2,(H2,25,30). The first-order chi connectivity index (χ1) is 14.3. The van der Waals surface area contributed by atoms with Crippen LogP contribution in [0.15, 0.2) is 55.0 Å². The van der Waals surface area contributed by atoms with E-state index in [9.17, 15) is 18.0 Å². The average molecular weight is 413 g/mol. The molecule has 2 fully saturated rings. The van der Waals surface area contributed by atoms with E-state index >= 15 is 0 Å². The van der Waals surface area contributed by atoms with Gasteiger partial charge in [-0.25, -0.2) is 9.78 Å². The number of pyridine rings is 2. The highest BCUT2D eigenvalue weighted by molar-refractivity contribution is 6.04. The number of rotatable bonds is 3. The normalized spacial score (nSPS) is 22.8. The van der Waals surface area contributed by atoms with Crippen LogP contribution in [0.2, 0.25) is 0 Å². The molecule has 2 amide bonds. The summed E-state index contributed by atoms with van der Waals surface area (Å²) in [7, 11) is 0. The van der Waals surface area contributed by atoms with Gasteiger partial charge in [0.25, 0.3) is 0 Å². The maximum Gasteiger partial charge on any atom is 0.419 e. The molecule has 1 aliphatic carbocycles. The summed E-state index contributed by atoms with van der Waals surface area (Å²) in [6, 6.07) is 9.00. The van der Waals surface area contributed by atoms with Crippen molar-refractivity contribution >= 4 is 28.3 Å². The number of anilines is 2. The maximum absolute atomic E-state index is 13.5.